The lowest BCUT2D eigenvalue weighted by Crippen LogP contribution is -2.54. The molecular weight excluding hydrogens is 240 g/mol. The molecule has 0 bridgehead atoms. The van der Waals surface area contributed by atoms with Crippen molar-refractivity contribution in [1.82, 2.24) is 10.2 Å². The second kappa shape index (κ2) is 6.37. The Kier molecular flexibility index (Phi) is 6.08. The smallest absolute Gasteiger partial charge is 0.0577 e. The Labute approximate surface area is 118 Å². The minimum absolute atomic E-state index is 0.0396. The van der Waals surface area contributed by atoms with Crippen molar-refractivity contribution in [2.75, 3.05) is 13.6 Å². The van der Waals surface area contributed by atoms with E-state index in [1.165, 1.54) is 0 Å². The molecule has 0 amide bonds. The van der Waals surface area contributed by atoms with Crippen LogP contribution in [0.3, 0.4) is 0 Å². The quantitative estimate of drug-likeness (QED) is 0.539. The summed E-state index contributed by atoms with van der Waals surface area (Å²) in [5, 5.41) is 3.92. The Balaban J connectivity index is 4.97. The molecule has 3 heteroatoms. The molecule has 0 unspecified atom stereocenters. The monoisotopic (exact) mass is 268 g/mol. The number of nitrogens with zero attached hydrogens (tertiary/aromatic N) is 1. The van der Waals surface area contributed by atoms with Crippen LogP contribution in [0.2, 0.25) is 0 Å². The second-order valence-corrected chi connectivity index (χ2v) is 6.33. The van der Waals surface area contributed by atoms with E-state index >= 15 is 0 Å². The summed E-state index contributed by atoms with van der Waals surface area (Å²) in [5.74, 6) is 0. The van der Waals surface area contributed by atoms with Gasteiger partial charge in [0.25, 0.3) is 0 Å². The van der Waals surface area contributed by atoms with Crippen molar-refractivity contribution in [2.45, 2.75) is 40.2 Å². The van der Waals surface area contributed by atoms with Crippen molar-refractivity contribution in [1.29, 1.82) is 0 Å². The van der Waals surface area contributed by atoms with Gasteiger partial charge in [0.2, 0.25) is 0 Å². The normalized spacial score (nSPS) is 12.6. The summed E-state index contributed by atoms with van der Waals surface area (Å²) in [7, 11) is 2.08. The Morgan fingerprint density at radius 2 is 1.78 bits per heavy atom. The summed E-state index contributed by atoms with van der Waals surface area (Å²) < 4.78 is 0. The highest BCUT2D eigenvalue weighted by atomic mass is 32.1. The predicted octanol–water partition coefficient (Wildman–Crippen LogP) is 3.80. The molecule has 0 aromatic carbocycles. The summed E-state index contributed by atoms with van der Waals surface area (Å²) in [4.78, 5) is 2.22. The Morgan fingerprint density at radius 3 is 2.17 bits per heavy atom. The van der Waals surface area contributed by atoms with Gasteiger partial charge in [0.1, 0.15) is 0 Å². The van der Waals surface area contributed by atoms with Gasteiger partial charge in [0.15, 0.2) is 0 Å². The summed E-state index contributed by atoms with van der Waals surface area (Å²) in [6.07, 6.45) is 4.04. The largest absolute Gasteiger partial charge is 0.380 e. The highest BCUT2D eigenvalue weighted by molar-refractivity contribution is 7.84. The van der Waals surface area contributed by atoms with Crippen molar-refractivity contribution in [2.24, 2.45) is 5.41 Å². The highest BCUT2D eigenvalue weighted by Gasteiger charge is 2.40. The van der Waals surface area contributed by atoms with Crippen LogP contribution in [0.15, 0.2) is 36.0 Å². The minimum Gasteiger partial charge on any atom is -0.380 e. The van der Waals surface area contributed by atoms with Crippen molar-refractivity contribution in [3.05, 3.63) is 36.0 Å². The summed E-state index contributed by atoms with van der Waals surface area (Å²) in [6.45, 7) is 19.6. The van der Waals surface area contributed by atoms with Crippen molar-refractivity contribution in [3.8, 4) is 0 Å². The lowest BCUT2D eigenvalue weighted by molar-refractivity contribution is 0.0618. The first-order valence-electron chi connectivity index (χ1n) is 6.23. The maximum Gasteiger partial charge on any atom is 0.0577 e. The van der Waals surface area contributed by atoms with E-state index in [0.717, 1.165) is 12.2 Å². The van der Waals surface area contributed by atoms with Crippen LogP contribution < -0.4 is 5.32 Å². The number of nitrogens with one attached hydrogen (secondary N) is 1. The van der Waals surface area contributed by atoms with E-state index < -0.39 is 0 Å². The summed E-state index contributed by atoms with van der Waals surface area (Å²) in [6, 6.07) is 0. The van der Waals surface area contributed by atoms with Gasteiger partial charge in [0.05, 0.1) is 5.03 Å². The lowest BCUT2D eigenvalue weighted by atomic mass is 9.73. The van der Waals surface area contributed by atoms with Crippen LogP contribution in [0.5, 0.6) is 0 Å². The van der Waals surface area contributed by atoms with Crippen molar-refractivity contribution >= 4 is 12.6 Å². The van der Waals surface area contributed by atoms with E-state index in [2.05, 4.69) is 70.7 Å². The van der Waals surface area contributed by atoms with Crippen LogP contribution in [0, 0.1) is 5.41 Å². The van der Waals surface area contributed by atoms with Gasteiger partial charge >= 0.3 is 0 Å². The molecule has 0 aliphatic carbocycles. The molecule has 0 saturated carbocycles. The third-order valence-corrected chi connectivity index (χ3v) is 4.18. The fourth-order valence-corrected chi connectivity index (χ4v) is 1.74. The average Bonchev–Trinajstić information content (AvgIpc) is 2.25. The number of rotatable bonds is 7. The van der Waals surface area contributed by atoms with E-state index in [1.807, 2.05) is 19.1 Å². The Bertz CT molecular complexity index is 340. The number of hydrogen-bond donors (Lipinski definition) is 2. The molecule has 0 spiro atoms. The maximum absolute atomic E-state index is 4.18. The molecule has 0 aromatic heterocycles. The van der Waals surface area contributed by atoms with Gasteiger partial charge in [-0.3, -0.25) is 0 Å². The molecule has 2 nitrogen and oxygen atoms in total. The SMILES string of the molecule is C=C(S)NCC(C)(C)C(C)(C)N(C)C(=C)/C=C\C. The number of allylic oxidation sites excluding steroid dienone is 2. The number of thiol groups is 1. The first-order valence-corrected chi connectivity index (χ1v) is 6.68. The summed E-state index contributed by atoms with van der Waals surface area (Å²) in [5.41, 5.74) is 1.01. The van der Waals surface area contributed by atoms with Gasteiger partial charge in [-0.15, -0.1) is 12.6 Å². The lowest BCUT2D eigenvalue weighted by Gasteiger charge is -2.49. The fourth-order valence-electron chi connectivity index (χ4n) is 1.66. The van der Waals surface area contributed by atoms with E-state index in [1.54, 1.807) is 0 Å². The van der Waals surface area contributed by atoms with Crippen molar-refractivity contribution in [3.63, 3.8) is 0 Å². The molecule has 104 valence electrons. The van der Waals surface area contributed by atoms with E-state index in [0.29, 0.717) is 5.03 Å². The molecule has 0 radical (unpaired) electrons. The number of likely N-dealkylation sites (N-methyl/N-ethyl adjacent to an activating group) is 1. The standard InChI is InChI=1S/C15H28N2S/c1-9-10-12(2)17(8)15(6,7)14(4,5)11-16-13(3)18/h9-10,16,18H,2-3,11H2,1,4-8H3/b10-9-. The molecule has 0 heterocycles. The highest BCUT2D eigenvalue weighted by Crippen LogP contribution is 2.36. The summed E-state index contributed by atoms with van der Waals surface area (Å²) >= 11 is 4.18. The van der Waals surface area contributed by atoms with Crippen LogP contribution in [0.4, 0.5) is 0 Å². The fraction of sp³-hybridized carbons (Fsp3) is 0.600. The van der Waals surface area contributed by atoms with Gasteiger partial charge in [0, 0.05) is 30.2 Å². The molecule has 0 aliphatic rings. The molecule has 1 N–H and O–H groups in total. The first-order chi connectivity index (χ1) is 8.06. The molecule has 0 fully saturated rings. The molecule has 0 atom stereocenters. The van der Waals surface area contributed by atoms with Crippen LogP contribution in [0.1, 0.15) is 34.6 Å². The second-order valence-electron chi connectivity index (χ2n) is 5.79. The van der Waals surface area contributed by atoms with Gasteiger partial charge < -0.3 is 10.2 Å². The van der Waals surface area contributed by atoms with E-state index in [9.17, 15) is 0 Å². The van der Waals surface area contributed by atoms with E-state index in [4.69, 9.17) is 0 Å². The average molecular weight is 268 g/mol. The zero-order valence-electron chi connectivity index (χ0n) is 12.7. The van der Waals surface area contributed by atoms with Crippen LogP contribution in [0.25, 0.3) is 0 Å². The topological polar surface area (TPSA) is 15.3 Å². The first kappa shape index (κ1) is 17.2. The van der Waals surface area contributed by atoms with Crippen LogP contribution in [-0.4, -0.2) is 24.0 Å². The Hall–Kier alpha value is -0.830. The van der Waals surface area contributed by atoms with Crippen LogP contribution in [-0.2, 0) is 0 Å². The van der Waals surface area contributed by atoms with Crippen LogP contribution >= 0.6 is 12.6 Å². The van der Waals surface area contributed by atoms with Gasteiger partial charge in [-0.2, -0.15) is 0 Å². The zero-order valence-corrected chi connectivity index (χ0v) is 13.6. The maximum atomic E-state index is 4.18. The van der Waals surface area contributed by atoms with Gasteiger partial charge in [-0.05, 0) is 26.8 Å². The third kappa shape index (κ3) is 4.13. The molecule has 0 saturated heterocycles. The zero-order chi connectivity index (χ0) is 14.6. The molecule has 0 rings (SSSR count). The molecule has 0 aliphatic heterocycles. The van der Waals surface area contributed by atoms with Crippen molar-refractivity contribution < 1.29 is 0 Å². The molecule has 18 heavy (non-hydrogen) atoms. The Morgan fingerprint density at radius 1 is 1.28 bits per heavy atom. The number of hydrogen-bond acceptors (Lipinski definition) is 3. The predicted molar refractivity (Wildman–Crippen MR) is 85.7 cm³/mol. The van der Waals surface area contributed by atoms with Gasteiger partial charge in [-0.1, -0.05) is 33.1 Å². The minimum atomic E-state index is -0.0418. The van der Waals surface area contributed by atoms with E-state index in [-0.39, 0.29) is 11.0 Å². The third-order valence-electron chi connectivity index (χ3n) is 4.02. The van der Waals surface area contributed by atoms with Gasteiger partial charge in [-0.25, -0.2) is 0 Å². The molecule has 0 aromatic rings. The molecular formula is C15H28N2S.